The number of aromatic nitrogens is 2. The van der Waals surface area contributed by atoms with Gasteiger partial charge in [-0.1, -0.05) is 12.1 Å². The van der Waals surface area contributed by atoms with Crippen LogP contribution in [-0.4, -0.2) is 29.2 Å². The first kappa shape index (κ1) is 19.1. The zero-order chi connectivity index (χ0) is 19.9. The van der Waals surface area contributed by atoms with Crippen molar-refractivity contribution in [2.45, 2.75) is 20.0 Å². The Morgan fingerprint density at radius 1 is 1.04 bits per heavy atom. The number of carbonyl (C=O) groups excluding carboxylic acids is 2. The quantitative estimate of drug-likeness (QED) is 0.628. The van der Waals surface area contributed by atoms with Crippen LogP contribution in [0.5, 0.6) is 5.75 Å². The molecule has 0 saturated carbocycles. The fourth-order valence-electron chi connectivity index (χ4n) is 2.43. The van der Waals surface area contributed by atoms with Gasteiger partial charge in [-0.3, -0.25) is 9.59 Å². The minimum absolute atomic E-state index is 0.0970. The van der Waals surface area contributed by atoms with Crippen LogP contribution in [0.2, 0.25) is 0 Å². The number of carbonyl (C=O) groups is 2. The van der Waals surface area contributed by atoms with Crippen molar-refractivity contribution in [2.75, 3.05) is 12.4 Å². The maximum Gasteiger partial charge on any atom is 0.310 e. The van der Waals surface area contributed by atoms with Crippen LogP contribution < -0.4 is 10.1 Å². The molecule has 0 radical (unpaired) electrons. The molecular weight excluding hydrogens is 362 g/mol. The highest BCUT2D eigenvalue weighted by molar-refractivity contribution is 5.88. The lowest BCUT2D eigenvalue weighted by Crippen LogP contribution is -2.09. The molecule has 1 amide bonds. The summed E-state index contributed by atoms with van der Waals surface area (Å²) in [5.74, 6) is 0.696. The van der Waals surface area contributed by atoms with E-state index in [0.29, 0.717) is 11.6 Å². The van der Waals surface area contributed by atoms with Crippen LogP contribution in [0.1, 0.15) is 18.4 Å². The third-order valence-corrected chi connectivity index (χ3v) is 3.78. The first-order chi connectivity index (χ1) is 13.5. The molecule has 0 aliphatic carbocycles. The zero-order valence-electron chi connectivity index (χ0n) is 15.5. The summed E-state index contributed by atoms with van der Waals surface area (Å²) in [5, 5.41) is 10.5. The molecule has 0 atom stereocenters. The van der Waals surface area contributed by atoms with Crippen molar-refractivity contribution >= 4 is 17.6 Å². The van der Waals surface area contributed by atoms with E-state index in [2.05, 4.69) is 15.5 Å². The lowest BCUT2D eigenvalue weighted by molar-refractivity contribution is -0.144. The van der Waals surface area contributed by atoms with Crippen LogP contribution in [0.4, 0.5) is 5.69 Å². The summed E-state index contributed by atoms with van der Waals surface area (Å²) in [7, 11) is 1.59. The highest BCUT2D eigenvalue weighted by atomic mass is 16.5. The van der Waals surface area contributed by atoms with Crippen molar-refractivity contribution in [2.24, 2.45) is 0 Å². The van der Waals surface area contributed by atoms with E-state index in [0.717, 1.165) is 16.9 Å². The number of ether oxygens (including phenoxy) is 2. The van der Waals surface area contributed by atoms with Crippen molar-refractivity contribution in [1.82, 2.24) is 10.2 Å². The van der Waals surface area contributed by atoms with E-state index in [1.54, 1.807) is 55.6 Å². The molecule has 0 fully saturated rings. The molecule has 1 aromatic heterocycles. The average Bonchev–Trinajstić information content (AvgIpc) is 3.17. The zero-order valence-corrected chi connectivity index (χ0v) is 15.5. The van der Waals surface area contributed by atoms with E-state index in [1.807, 2.05) is 0 Å². The third-order valence-electron chi connectivity index (χ3n) is 3.78. The minimum Gasteiger partial charge on any atom is -0.497 e. The molecular formula is C20H19N3O5. The van der Waals surface area contributed by atoms with E-state index in [4.69, 9.17) is 13.9 Å². The summed E-state index contributed by atoms with van der Waals surface area (Å²) in [5.41, 5.74) is 2.18. The van der Waals surface area contributed by atoms with Crippen molar-refractivity contribution in [1.29, 1.82) is 0 Å². The number of methoxy groups -OCH3 is 1. The normalized spacial score (nSPS) is 10.4. The number of hydrogen-bond donors (Lipinski definition) is 1. The van der Waals surface area contributed by atoms with Gasteiger partial charge in [0.2, 0.25) is 11.8 Å². The van der Waals surface area contributed by atoms with Gasteiger partial charge in [-0.25, -0.2) is 0 Å². The van der Waals surface area contributed by atoms with Gasteiger partial charge < -0.3 is 19.2 Å². The Morgan fingerprint density at radius 3 is 2.39 bits per heavy atom. The van der Waals surface area contributed by atoms with Crippen LogP contribution in [0.25, 0.3) is 11.5 Å². The molecule has 0 spiro atoms. The number of nitrogens with one attached hydrogen (secondary N) is 1. The monoisotopic (exact) mass is 381 g/mol. The lowest BCUT2D eigenvalue weighted by atomic mass is 10.1. The standard InChI is InChI=1S/C20H19N3O5/c1-13(24)21-16-7-3-14(4-8-16)11-19(25)27-12-18-22-23-20(28-18)15-5-9-17(26-2)10-6-15/h3-10H,11-12H2,1-2H3,(H,21,24). The summed E-state index contributed by atoms with van der Waals surface area (Å²) in [6.45, 7) is 1.33. The minimum atomic E-state index is -0.420. The predicted octanol–water partition coefficient (Wildman–Crippen LogP) is 2.99. The molecule has 8 heteroatoms. The van der Waals surface area contributed by atoms with Crippen LogP contribution in [0, 0.1) is 0 Å². The van der Waals surface area contributed by atoms with Gasteiger partial charge in [0.1, 0.15) is 5.75 Å². The van der Waals surface area contributed by atoms with E-state index < -0.39 is 5.97 Å². The molecule has 1 heterocycles. The second-order valence-electron chi connectivity index (χ2n) is 5.95. The molecule has 0 aliphatic heterocycles. The Morgan fingerprint density at radius 2 is 1.75 bits per heavy atom. The van der Waals surface area contributed by atoms with Gasteiger partial charge in [-0.15, -0.1) is 10.2 Å². The second-order valence-corrected chi connectivity index (χ2v) is 5.95. The van der Waals surface area contributed by atoms with Gasteiger partial charge in [0.15, 0.2) is 6.61 Å². The van der Waals surface area contributed by atoms with Gasteiger partial charge in [-0.05, 0) is 42.0 Å². The van der Waals surface area contributed by atoms with Crippen LogP contribution >= 0.6 is 0 Å². The molecule has 0 saturated heterocycles. The van der Waals surface area contributed by atoms with Gasteiger partial charge in [0.05, 0.1) is 13.5 Å². The molecule has 28 heavy (non-hydrogen) atoms. The van der Waals surface area contributed by atoms with Crippen molar-refractivity contribution < 1.29 is 23.5 Å². The number of amides is 1. The number of hydrogen-bond acceptors (Lipinski definition) is 7. The van der Waals surface area contributed by atoms with E-state index >= 15 is 0 Å². The van der Waals surface area contributed by atoms with Gasteiger partial charge >= 0.3 is 5.97 Å². The number of nitrogens with zero attached hydrogens (tertiary/aromatic N) is 2. The van der Waals surface area contributed by atoms with E-state index in [-0.39, 0.29) is 24.8 Å². The highest BCUT2D eigenvalue weighted by Crippen LogP contribution is 2.21. The Kier molecular flexibility index (Phi) is 6.01. The SMILES string of the molecule is COc1ccc(-c2nnc(COC(=O)Cc3ccc(NC(C)=O)cc3)o2)cc1. The second kappa shape index (κ2) is 8.81. The van der Waals surface area contributed by atoms with Crippen molar-refractivity contribution in [3.8, 4) is 17.2 Å². The average molecular weight is 381 g/mol. The number of anilines is 1. The summed E-state index contributed by atoms with van der Waals surface area (Å²) >= 11 is 0. The Hall–Kier alpha value is -3.68. The predicted molar refractivity (Wildman–Crippen MR) is 101 cm³/mol. The Labute approximate surface area is 161 Å². The van der Waals surface area contributed by atoms with E-state index in [9.17, 15) is 9.59 Å². The Balaban J connectivity index is 1.52. The summed E-state index contributed by atoms with van der Waals surface area (Å²) < 4.78 is 15.8. The topological polar surface area (TPSA) is 104 Å². The fourth-order valence-corrected chi connectivity index (χ4v) is 2.43. The summed E-state index contributed by atoms with van der Waals surface area (Å²) in [6.07, 6.45) is 0.0970. The van der Waals surface area contributed by atoms with Crippen LogP contribution in [-0.2, 0) is 27.4 Å². The van der Waals surface area contributed by atoms with Gasteiger partial charge in [-0.2, -0.15) is 0 Å². The third kappa shape index (κ3) is 5.16. The maximum absolute atomic E-state index is 12.0. The van der Waals surface area contributed by atoms with E-state index in [1.165, 1.54) is 6.92 Å². The van der Waals surface area contributed by atoms with Gasteiger partial charge in [0, 0.05) is 18.2 Å². The van der Waals surface area contributed by atoms with Crippen molar-refractivity contribution in [3.05, 3.63) is 60.0 Å². The maximum atomic E-state index is 12.0. The fraction of sp³-hybridized carbons (Fsp3) is 0.200. The molecule has 2 aromatic carbocycles. The number of benzene rings is 2. The highest BCUT2D eigenvalue weighted by Gasteiger charge is 2.12. The molecule has 0 unspecified atom stereocenters. The molecule has 1 N–H and O–H groups in total. The van der Waals surface area contributed by atoms with Crippen molar-refractivity contribution in [3.63, 3.8) is 0 Å². The summed E-state index contributed by atoms with van der Waals surface area (Å²) in [4.78, 5) is 23.0. The molecule has 8 nitrogen and oxygen atoms in total. The first-order valence-electron chi connectivity index (χ1n) is 8.52. The molecule has 0 bridgehead atoms. The smallest absolute Gasteiger partial charge is 0.310 e. The Bertz CT molecular complexity index is 949. The molecule has 144 valence electrons. The lowest BCUT2D eigenvalue weighted by Gasteiger charge is -2.05. The molecule has 3 rings (SSSR count). The molecule has 0 aliphatic rings. The van der Waals surface area contributed by atoms with Crippen LogP contribution in [0.3, 0.4) is 0 Å². The largest absolute Gasteiger partial charge is 0.497 e. The number of rotatable bonds is 7. The first-order valence-corrected chi connectivity index (χ1v) is 8.52. The van der Waals surface area contributed by atoms with Crippen LogP contribution in [0.15, 0.2) is 52.9 Å². The van der Waals surface area contributed by atoms with Gasteiger partial charge in [0.25, 0.3) is 5.89 Å². The molecule has 3 aromatic rings. The summed E-state index contributed by atoms with van der Waals surface area (Å²) in [6, 6.07) is 14.1. The number of esters is 1.